The summed E-state index contributed by atoms with van der Waals surface area (Å²) < 4.78 is 9.58. The van der Waals surface area contributed by atoms with Crippen molar-refractivity contribution in [3.63, 3.8) is 0 Å². The van der Waals surface area contributed by atoms with Crippen LogP contribution < -0.4 is 0 Å². The molecule has 106 valence electrons. The molecule has 0 spiro atoms. The zero-order valence-corrected chi connectivity index (χ0v) is 10.9. The Morgan fingerprint density at radius 2 is 1.65 bits per heavy atom. The third-order valence-electron chi connectivity index (χ3n) is 2.28. The van der Waals surface area contributed by atoms with E-state index in [1.165, 1.54) is 31.2 Å². The van der Waals surface area contributed by atoms with Gasteiger partial charge in [-0.1, -0.05) is 18.7 Å². The maximum atomic E-state index is 11.7. The van der Waals surface area contributed by atoms with Gasteiger partial charge in [0.1, 0.15) is 13.2 Å². The molecule has 0 atom stereocenters. The summed E-state index contributed by atoms with van der Waals surface area (Å²) in [5.41, 5.74) is 0.0511. The Morgan fingerprint density at radius 1 is 1.10 bits per heavy atom. The fraction of sp³-hybridized carbons (Fsp3) is 0.214. The molecule has 1 aromatic carbocycles. The van der Waals surface area contributed by atoms with Gasteiger partial charge in [-0.05, 0) is 19.1 Å². The van der Waals surface area contributed by atoms with Crippen LogP contribution in [0.25, 0.3) is 0 Å². The van der Waals surface area contributed by atoms with Crippen molar-refractivity contribution in [2.24, 2.45) is 0 Å². The second-order valence-corrected chi connectivity index (χ2v) is 3.90. The number of benzene rings is 1. The van der Waals surface area contributed by atoms with E-state index in [2.05, 4.69) is 6.58 Å². The molecule has 1 aromatic rings. The van der Waals surface area contributed by atoms with Gasteiger partial charge in [0.25, 0.3) is 0 Å². The molecule has 0 aliphatic carbocycles. The summed E-state index contributed by atoms with van der Waals surface area (Å²) in [5, 5.41) is 8.93. The number of aromatic carboxylic acids is 1. The van der Waals surface area contributed by atoms with E-state index in [1.807, 2.05) is 0 Å². The number of ether oxygens (including phenoxy) is 2. The van der Waals surface area contributed by atoms with Crippen LogP contribution in [0.4, 0.5) is 0 Å². The third kappa shape index (κ3) is 4.24. The highest BCUT2D eigenvalue weighted by molar-refractivity contribution is 6.02. The molecule has 0 heterocycles. The topological polar surface area (TPSA) is 89.9 Å². The van der Waals surface area contributed by atoms with Crippen molar-refractivity contribution in [1.82, 2.24) is 0 Å². The van der Waals surface area contributed by atoms with Gasteiger partial charge in [0.15, 0.2) is 0 Å². The molecular formula is C14H14O6. The Balaban J connectivity index is 2.54. The molecule has 0 amide bonds. The van der Waals surface area contributed by atoms with Gasteiger partial charge >= 0.3 is 17.9 Å². The lowest BCUT2D eigenvalue weighted by Crippen LogP contribution is -2.16. The van der Waals surface area contributed by atoms with Crippen molar-refractivity contribution in [2.45, 2.75) is 6.92 Å². The first kappa shape index (κ1) is 15.4. The highest BCUT2D eigenvalue weighted by atomic mass is 16.6. The van der Waals surface area contributed by atoms with Crippen LogP contribution in [0.5, 0.6) is 0 Å². The molecule has 1 N–H and O–H groups in total. The predicted octanol–water partition coefficient (Wildman–Crippen LogP) is 1.66. The Kier molecular flexibility index (Phi) is 5.46. The number of esters is 2. The average molecular weight is 278 g/mol. The van der Waals surface area contributed by atoms with Gasteiger partial charge < -0.3 is 14.6 Å². The van der Waals surface area contributed by atoms with Crippen molar-refractivity contribution in [2.75, 3.05) is 13.2 Å². The number of hydrogen-bond donors (Lipinski definition) is 1. The minimum Gasteiger partial charge on any atom is -0.478 e. The van der Waals surface area contributed by atoms with Crippen molar-refractivity contribution in [1.29, 1.82) is 0 Å². The quantitative estimate of drug-likeness (QED) is 0.483. The summed E-state index contributed by atoms with van der Waals surface area (Å²) in [4.78, 5) is 33.7. The van der Waals surface area contributed by atoms with E-state index in [1.54, 1.807) is 0 Å². The van der Waals surface area contributed by atoms with Crippen LogP contribution in [0.15, 0.2) is 36.4 Å². The van der Waals surface area contributed by atoms with Crippen molar-refractivity contribution in [3.05, 3.63) is 47.5 Å². The smallest absolute Gasteiger partial charge is 0.339 e. The molecule has 0 fully saturated rings. The van der Waals surface area contributed by atoms with Gasteiger partial charge in [-0.25, -0.2) is 14.4 Å². The fourth-order valence-corrected chi connectivity index (χ4v) is 1.32. The van der Waals surface area contributed by atoms with Gasteiger partial charge in [-0.3, -0.25) is 0 Å². The zero-order valence-electron chi connectivity index (χ0n) is 10.9. The first-order valence-corrected chi connectivity index (χ1v) is 5.75. The predicted molar refractivity (Wildman–Crippen MR) is 69.5 cm³/mol. The summed E-state index contributed by atoms with van der Waals surface area (Å²) in [6.07, 6.45) is 0. The summed E-state index contributed by atoms with van der Waals surface area (Å²) in [5.74, 6) is -2.58. The molecule has 0 radical (unpaired) electrons. The largest absolute Gasteiger partial charge is 0.478 e. The average Bonchev–Trinajstić information content (AvgIpc) is 2.42. The van der Waals surface area contributed by atoms with E-state index in [-0.39, 0.29) is 29.9 Å². The van der Waals surface area contributed by atoms with Gasteiger partial charge in [0.2, 0.25) is 0 Å². The minimum atomic E-state index is -1.22. The van der Waals surface area contributed by atoms with Gasteiger partial charge in [-0.2, -0.15) is 0 Å². The maximum Gasteiger partial charge on any atom is 0.339 e. The standard InChI is InChI=1S/C14H14O6/c1-9(2)13(17)19-7-8-20-14(18)11-6-4-3-5-10(11)12(15)16/h3-6H,1,7-8H2,2H3,(H,15,16). The van der Waals surface area contributed by atoms with Crippen LogP contribution in [0, 0.1) is 0 Å². The van der Waals surface area contributed by atoms with Gasteiger partial charge in [0.05, 0.1) is 11.1 Å². The number of carboxylic acid groups (broad SMARTS) is 1. The lowest BCUT2D eigenvalue weighted by atomic mass is 10.1. The molecule has 0 aliphatic rings. The SMILES string of the molecule is C=C(C)C(=O)OCCOC(=O)c1ccccc1C(=O)O. The Labute approximate surface area is 115 Å². The molecule has 6 heteroatoms. The molecule has 20 heavy (non-hydrogen) atoms. The molecule has 0 saturated carbocycles. The zero-order chi connectivity index (χ0) is 15.1. The van der Waals surface area contributed by atoms with Crippen LogP contribution >= 0.6 is 0 Å². The van der Waals surface area contributed by atoms with Crippen LogP contribution in [0.1, 0.15) is 27.6 Å². The highest BCUT2D eigenvalue weighted by Crippen LogP contribution is 2.10. The number of rotatable bonds is 6. The van der Waals surface area contributed by atoms with Crippen molar-refractivity contribution < 1.29 is 29.0 Å². The van der Waals surface area contributed by atoms with E-state index in [4.69, 9.17) is 14.6 Å². The summed E-state index contributed by atoms with van der Waals surface area (Å²) in [7, 11) is 0. The molecule has 0 unspecified atom stereocenters. The number of carboxylic acids is 1. The molecular weight excluding hydrogens is 264 g/mol. The lowest BCUT2D eigenvalue weighted by Gasteiger charge is -2.07. The lowest BCUT2D eigenvalue weighted by molar-refractivity contribution is -0.140. The molecule has 0 saturated heterocycles. The van der Waals surface area contributed by atoms with Gasteiger partial charge in [-0.15, -0.1) is 0 Å². The highest BCUT2D eigenvalue weighted by Gasteiger charge is 2.16. The Morgan fingerprint density at radius 3 is 2.20 bits per heavy atom. The Hall–Kier alpha value is -2.63. The van der Waals surface area contributed by atoms with E-state index in [9.17, 15) is 14.4 Å². The molecule has 0 aromatic heterocycles. The monoisotopic (exact) mass is 278 g/mol. The van der Waals surface area contributed by atoms with E-state index in [0.29, 0.717) is 0 Å². The van der Waals surface area contributed by atoms with Gasteiger partial charge in [0, 0.05) is 5.57 Å². The fourth-order valence-electron chi connectivity index (χ4n) is 1.32. The van der Waals surface area contributed by atoms with Crippen LogP contribution in [-0.2, 0) is 14.3 Å². The number of carbonyl (C=O) groups excluding carboxylic acids is 2. The first-order valence-electron chi connectivity index (χ1n) is 5.75. The van der Waals surface area contributed by atoms with Crippen LogP contribution in [0.2, 0.25) is 0 Å². The molecule has 6 nitrogen and oxygen atoms in total. The second-order valence-electron chi connectivity index (χ2n) is 3.90. The van der Waals surface area contributed by atoms with Crippen molar-refractivity contribution in [3.8, 4) is 0 Å². The molecule has 0 bridgehead atoms. The molecule has 0 aliphatic heterocycles. The van der Waals surface area contributed by atoms with Crippen LogP contribution in [0.3, 0.4) is 0 Å². The number of hydrogen-bond acceptors (Lipinski definition) is 5. The summed E-state index contributed by atoms with van der Waals surface area (Å²) in [6, 6.07) is 5.70. The minimum absolute atomic E-state index is 0.0498. The van der Waals surface area contributed by atoms with E-state index >= 15 is 0 Å². The first-order chi connectivity index (χ1) is 9.43. The van der Waals surface area contributed by atoms with Crippen LogP contribution in [-0.4, -0.2) is 36.2 Å². The van der Waals surface area contributed by atoms with E-state index < -0.39 is 17.9 Å². The summed E-state index contributed by atoms with van der Waals surface area (Å²) in [6.45, 7) is 4.62. The second kappa shape index (κ2) is 7.08. The maximum absolute atomic E-state index is 11.7. The summed E-state index contributed by atoms with van der Waals surface area (Å²) >= 11 is 0. The Bertz CT molecular complexity index is 546. The van der Waals surface area contributed by atoms with E-state index in [0.717, 1.165) is 0 Å². The third-order valence-corrected chi connectivity index (χ3v) is 2.28. The normalized spacial score (nSPS) is 9.65. The molecule has 1 rings (SSSR count). The van der Waals surface area contributed by atoms with Crippen molar-refractivity contribution >= 4 is 17.9 Å². The number of carbonyl (C=O) groups is 3.